The molecule has 2 nitrogen and oxygen atoms in total. The van der Waals surface area contributed by atoms with Crippen LogP contribution in [0.1, 0.15) is 0 Å². The molecule has 0 fully saturated rings. The van der Waals surface area contributed by atoms with E-state index in [1.165, 1.54) is 0 Å². The fourth-order valence-electron chi connectivity index (χ4n) is 0.897. The standard InChI is InChI=1S/C7H3Cl2N2/c8-5-1-2-6-4(7(5)9)3-10-11-6/h1-2H,(H,10,11). The summed E-state index contributed by atoms with van der Waals surface area (Å²) in [5.74, 6) is 0. The number of hydrogen-bond acceptors (Lipinski definition) is 1. The number of rotatable bonds is 0. The summed E-state index contributed by atoms with van der Waals surface area (Å²) >= 11 is 11.6. The minimum absolute atomic E-state index is 0.498. The van der Waals surface area contributed by atoms with Crippen LogP contribution in [0, 0.1) is 6.20 Å². The zero-order chi connectivity index (χ0) is 7.84. The number of nitrogens with one attached hydrogen (secondary N) is 1. The van der Waals surface area contributed by atoms with E-state index in [2.05, 4.69) is 16.4 Å². The van der Waals surface area contributed by atoms with Crippen molar-refractivity contribution in [3.05, 3.63) is 28.4 Å². The van der Waals surface area contributed by atoms with Crippen LogP contribution in [0.2, 0.25) is 10.0 Å². The van der Waals surface area contributed by atoms with Gasteiger partial charge < -0.3 is 0 Å². The van der Waals surface area contributed by atoms with E-state index in [1.807, 2.05) is 6.07 Å². The van der Waals surface area contributed by atoms with Crippen molar-refractivity contribution in [3.63, 3.8) is 0 Å². The van der Waals surface area contributed by atoms with Gasteiger partial charge in [-0.3, -0.25) is 5.10 Å². The molecule has 0 aliphatic rings. The molecule has 2 aromatic rings. The van der Waals surface area contributed by atoms with Gasteiger partial charge in [-0.2, -0.15) is 5.10 Å². The quantitative estimate of drug-likeness (QED) is 0.673. The topological polar surface area (TPSA) is 28.7 Å². The van der Waals surface area contributed by atoms with Gasteiger partial charge in [-0.1, -0.05) is 23.2 Å². The molecule has 0 aliphatic heterocycles. The Bertz CT molecular complexity index is 394. The lowest BCUT2D eigenvalue weighted by molar-refractivity contribution is 1.11. The smallest absolute Gasteiger partial charge is 0.122 e. The maximum atomic E-state index is 5.84. The summed E-state index contributed by atoms with van der Waals surface area (Å²) in [6, 6.07) is 3.53. The van der Waals surface area contributed by atoms with Crippen LogP contribution in [0.3, 0.4) is 0 Å². The first-order chi connectivity index (χ1) is 5.29. The Morgan fingerprint density at radius 3 is 3.00 bits per heavy atom. The van der Waals surface area contributed by atoms with Gasteiger partial charge in [-0.15, -0.1) is 0 Å². The molecule has 1 aromatic carbocycles. The molecule has 2 rings (SSSR count). The molecule has 0 bridgehead atoms. The Kier molecular flexibility index (Phi) is 1.51. The van der Waals surface area contributed by atoms with Gasteiger partial charge in [-0.25, -0.2) is 0 Å². The Labute approximate surface area is 73.1 Å². The summed E-state index contributed by atoms with van der Waals surface area (Å²) in [5, 5.41) is 8.21. The van der Waals surface area contributed by atoms with E-state index in [0.29, 0.717) is 10.0 Å². The van der Waals surface area contributed by atoms with E-state index in [9.17, 15) is 0 Å². The summed E-state index contributed by atoms with van der Waals surface area (Å²) in [6.45, 7) is 0. The lowest BCUT2D eigenvalue weighted by Gasteiger charge is -1.93. The third-order valence-corrected chi connectivity index (χ3v) is 2.24. The SMILES string of the molecule is Clc1ccc2[nH]n[c]c2c1Cl. The maximum absolute atomic E-state index is 5.84. The second-order valence-corrected chi connectivity index (χ2v) is 2.90. The van der Waals surface area contributed by atoms with E-state index in [1.54, 1.807) is 6.07 Å². The molecule has 55 valence electrons. The van der Waals surface area contributed by atoms with Gasteiger partial charge in [-0.05, 0) is 12.1 Å². The van der Waals surface area contributed by atoms with E-state index in [0.717, 1.165) is 10.9 Å². The lowest BCUT2D eigenvalue weighted by atomic mass is 10.2. The van der Waals surface area contributed by atoms with Gasteiger partial charge in [0.15, 0.2) is 0 Å². The van der Waals surface area contributed by atoms with Crippen molar-refractivity contribution >= 4 is 34.1 Å². The number of benzene rings is 1. The van der Waals surface area contributed by atoms with Crippen molar-refractivity contribution in [1.82, 2.24) is 10.2 Å². The van der Waals surface area contributed by atoms with Crippen LogP contribution in [0.4, 0.5) is 0 Å². The highest BCUT2D eigenvalue weighted by molar-refractivity contribution is 6.45. The molecule has 1 aromatic heterocycles. The van der Waals surface area contributed by atoms with E-state index >= 15 is 0 Å². The van der Waals surface area contributed by atoms with Gasteiger partial charge in [0.25, 0.3) is 0 Å². The first-order valence-electron chi connectivity index (χ1n) is 2.99. The van der Waals surface area contributed by atoms with Crippen molar-refractivity contribution in [1.29, 1.82) is 0 Å². The molecule has 11 heavy (non-hydrogen) atoms. The molecule has 4 heteroatoms. The van der Waals surface area contributed by atoms with Crippen LogP contribution in [-0.2, 0) is 0 Å². The molecule has 0 amide bonds. The molecule has 0 unspecified atom stereocenters. The van der Waals surface area contributed by atoms with Crippen molar-refractivity contribution in [2.24, 2.45) is 0 Å². The second-order valence-electron chi connectivity index (χ2n) is 2.12. The molecule has 1 radical (unpaired) electrons. The van der Waals surface area contributed by atoms with E-state index in [4.69, 9.17) is 23.2 Å². The predicted molar refractivity (Wildman–Crippen MR) is 44.9 cm³/mol. The number of H-pyrrole nitrogens is 1. The number of aromatic amines is 1. The molecule has 1 N–H and O–H groups in total. The van der Waals surface area contributed by atoms with E-state index < -0.39 is 0 Å². The molecular weight excluding hydrogens is 183 g/mol. The molecule has 0 saturated carbocycles. The van der Waals surface area contributed by atoms with Crippen LogP contribution in [0.15, 0.2) is 12.1 Å². The molecule has 0 atom stereocenters. The van der Waals surface area contributed by atoms with Crippen molar-refractivity contribution in [3.8, 4) is 0 Å². The average Bonchev–Trinajstić information content (AvgIpc) is 2.45. The number of fused-ring (bicyclic) bond motifs is 1. The van der Waals surface area contributed by atoms with Crippen LogP contribution in [-0.4, -0.2) is 10.2 Å². The fourth-order valence-corrected chi connectivity index (χ4v) is 1.26. The van der Waals surface area contributed by atoms with Crippen molar-refractivity contribution < 1.29 is 0 Å². The lowest BCUT2D eigenvalue weighted by Crippen LogP contribution is -1.70. The Hall–Kier alpha value is -0.730. The Morgan fingerprint density at radius 2 is 2.18 bits per heavy atom. The second kappa shape index (κ2) is 2.40. The Morgan fingerprint density at radius 1 is 1.36 bits per heavy atom. The summed E-state index contributed by atoms with van der Waals surface area (Å²) in [6.07, 6.45) is 2.71. The highest BCUT2D eigenvalue weighted by atomic mass is 35.5. The van der Waals surface area contributed by atoms with Gasteiger partial charge in [0.1, 0.15) is 6.20 Å². The highest BCUT2D eigenvalue weighted by Crippen LogP contribution is 2.28. The highest BCUT2D eigenvalue weighted by Gasteiger charge is 2.04. The van der Waals surface area contributed by atoms with Crippen LogP contribution < -0.4 is 0 Å². The summed E-state index contributed by atoms with van der Waals surface area (Å²) in [4.78, 5) is 0. The predicted octanol–water partition coefficient (Wildman–Crippen LogP) is 2.67. The molecule has 0 saturated heterocycles. The van der Waals surface area contributed by atoms with Crippen LogP contribution in [0.5, 0.6) is 0 Å². The van der Waals surface area contributed by atoms with Crippen LogP contribution >= 0.6 is 23.2 Å². The van der Waals surface area contributed by atoms with Gasteiger partial charge in [0, 0.05) is 5.39 Å². The summed E-state index contributed by atoms with van der Waals surface area (Å²) in [7, 11) is 0. The molecule has 0 spiro atoms. The Balaban J connectivity index is 2.93. The maximum Gasteiger partial charge on any atom is 0.122 e. The third kappa shape index (κ3) is 0.988. The average molecular weight is 186 g/mol. The largest absolute Gasteiger partial charge is 0.277 e. The monoisotopic (exact) mass is 185 g/mol. The minimum Gasteiger partial charge on any atom is -0.277 e. The zero-order valence-corrected chi connectivity index (χ0v) is 6.87. The van der Waals surface area contributed by atoms with Gasteiger partial charge >= 0.3 is 0 Å². The first kappa shape index (κ1) is 6.95. The van der Waals surface area contributed by atoms with Gasteiger partial charge in [0.2, 0.25) is 0 Å². The minimum atomic E-state index is 0.498. The molecule has 1 heterocycles. The van der Waals surface area contributed by atoms with Crippen molar-refractivity contribution in [2.75, 3.05) is 0 Å². The van der Waals surface area contributed by atoms with E-state index in [-0.39, 0.29) is 0 Å². The molecule has 0 aliphatic carbocycles. The molecular formula is C7H3Cl2N2. The van der Waals surface area contributed by atoms with Crippen molar-refractivity contribution in [2.45, 2.75) is 0 Å². The normalized spacial score (nSPS) is 10.7. The summed E-state index contributed by atoms with van der Waals surface area (Å²) < 4.78 is 0. The van der Waals surface area contributed by atoms with Gasteiger partial charge in [0.05, 0.1) is 15.6 Å². The third-order valence-electron chi connectivity index (χ3n) is 1.44. The summed E-state index contributed by atoms with van der Waals surface area (Å²) in [5.41, 5.74) is 0.847. The number of aromatic nitrogens is 2. The van der Waals surface area contributed by atoms with Crippen LogP contribution in [0.25, 0.3) is 10.9 Å². The fraction of sp³-hybridized carbons (Fsp3) is 0. The first-order valence-corrected chi connectivity index (χ1v) is 3.74. The zero-order valence-electron chi connectivity index (χ0n) is 5.36. The number of nitrogens with zero attached hydrogens (tertiary/aromatic N) is 1. The number of hydrogen-bond donors (Lipinski definition) is 1. The number of halogens is 2.